The standard InChI is InChI=1S/C11H17O.2ClH.Zr/c1-7-8(2)10(6-12)11(4,5)9(7)3;;;/h6H2,1-5H3;2*1H;/q-1;;;+3/p-2. The van der Waals surface area contributed by atoms with E-state index in [-0.39, 0.29) is 5.41 Å². The molecule has 0 aromatic rings. The van der Waals surface area contributed by atoms with Gasteiger partial charge in [-0.3, -0.25) is 0 Å². The monoisotopic (exact) mass is 325 g/mol. The van der Waals surface area contributed by atoms with Crippen molar-refractivity contribution in [3.63, 3.8) is 0 Å². The average Bonchev–Trinajstić information content (AvgIpc) is 2.26. The number of halogens is 2. The van der Waals surface area contributed by atoms with Crippen molar-refractivity contribution in [3.8, 4) is 0 Å². The summed E-state index contributed by atoms with van der Waals surface area (Å²) >= 11 is -2.47. The second-order valence-electron chi connectivity index (χ2n) is 4.49. The van der Waals surface area contributed by atoms with Crippen molar-refractivity contribution >= 4 is 17.0 Å². The van der Waals surface area contributed by atoms with E-state index in [1.807, 2.05) is 0 Å². The van der Waals surface area contributed by atoms with Crippen LogP contribution in [0.25, 0.3) is 0 Å². The Labute approximate surface area is 108 Å². The Balaban J connectivity index is 2.91. The molecule has 0 aromatic heterocycles. The van der Waals surface area contributed by atoms with Crippen molar-refractivity contribution in [1.29, 1.82) is 0 Å². The molecule has 0 atom stereocenters. The molecule has 1 aliphatic rings. The average molecular weight is 327 g/mol. The van der Waals surface area contributed by atoms with Crippen molar-refractivity contribution < 1.29 is 22.6 Å². The Morgan fingerprint density at radius 3 is 2.00 bits per heavy atom. The van der Waals surface area contributed by atoms with Crippen molar-refractivity contribution in [3.05, 3.63) is 22.3 Å². The molecular formula is C11H17Cl2OZr. The Morgan fingerprint density at radius 2 is 1.67 bits per heavy atom. The molecule has 0 N–H and O–H groups in total. The van der Waals surface area contributed by atoms with Crippen LogP contribution >= 0.6 is 17.0 Å². The first-order valence-electron chi connectivity index (χ1n) is 4.97. The molecule has 0 fully saturated rings. The summed E-state index contributed by atoms with van der Waals surface area (Å²) in [6, 6.07) is 0. The van der Waals surface area contributed by atoms with E-state index in [0.717, 1.165) is 0 Å². The SMILES string of the molecule is CC1=C(C)C(C)(C)C(C[O][Zr]([Cl])[Cl])=C1C. The van der Waals surface area contributed by atoms with E-state index in [1.54, 1.807) is 0 Å². The van der Waals surface area contributed by atoms with Gasteiger partial charge < -0.3 is 0 Å². The third-order valence-corrected chi connectivity index (χ3v) is 5.78. The van der Waals surface area contributed by atoms with Crippen LogP contribution in [-0.2, 0) is 22.6 Å². The molecule has 0 aliphatic heterocycles. The van der Waals surface area contributed by atoms with Crippen molar-refractivity contribution in [2.75, 3.05) is 6.61 Å². The molecule has 0 saturated heterocycles. The molecular weight excluding hydrogens is 310 g/mol. The first kappa shape index (κ1) is 14.0. The fraction of sp³-hybridized carbons (Fsp3) is 0.636. The Morgan fingerprint density at radius 1 is 1.13 bits per heavy atom. The molecule has 0 amide bonds. The second-order valence-corrected chi connectivity index (χ2v) is 11.5. The normalized spacial score (nSPS) is 20.2. The van der Waals surface area contributed by atoms with Gasteiger partial charge >= 0.3 is 109 Å². The van der Waals surface area contributed by atoms with Gasteiger partial charge in [-0.1, -0.05) is 0 Å². The molecule has 0 heterocycles. The van der Waals surface area contributed by atoms with E-state index in [4.69, 9.17) is 19.8 Å². The summed E-state index contributed by atoms with van der Waals surface area (Å²) in [6.45, 7) is 11.6. The van der Waals surface area contributed by atoms with Gasteiger partial charge in [0.05, 0.1) is 0 Å². The van der Waals surface area contributed by atoms with E-state index in [1.165, 1.54) is 22.3 Å². The molecule has 1 rings (SSSR count). The van der Waals surface area contributed by atoms with Gasteiger partial charge in [0.15, 0.2) is 0 Å². The van der Waals surface area contributed by atoms with Gasteiger partial charge in [0.1, 0.15) is 0 Å². The predicted octanol–water partition coefficient (Wildman–Crippen LogP) is 4.54. The Hall–Kier alpha value is 0.903. The third kappa shape index (κ3) is 2.77. The van der Waals surface area contributed by atoms with Crippen LogP contribution in [0.3, 0.4) is 0 Å². The molecule has 0 aromatic carbocycles. The fourth-order valence-electron chi connectivity index (χ4n) is 2.09. The summed E-state index contributed by atoms with van der Waals surface area (Å²) in [4.78, 5) is 0. The number of hydrogen-bond acceptors (Lipinski definition) is 1. The molecule has 0 unspecified atom stereocenters. The van der Waals surface area contributed by atoms with Gasteiger partial charge in [-0.25, -0.2) is 0 Å². The van der Waals surface area contributed by atoms with E-state index in [2.05, 4.69) is 34.6 Å². The zero-order valence-electron chi connectivity index (χ0n) is 9.87. The van der Waals surface area contributed by atoms with Crippen molar-refractivity contribution in [1.82, 2.24) is 0 Å². The Bertz CT molecular complexity index is 329. The van der Waals surface area contributed by atoms with E-state index >= 15 is 0 Å². The zero-order chi connectivity index (χ0) is 11.8. The number of hydrogen-bond donors (Lipinski definition) is 0. The second kappa shape index (κ2) is 5.04. The quantitative estimate of drug-likeness (QED) is 0.740. The van der Waals surface area contributed by atoms with Crippen LogP contribution < -0.4 is 0 Å². The van der Waals surface area contributed by atoms with E-state index in [0.29, 0.717) is 6.61 Å². The van der Waals surface area contributed by atoms with Crippen LogP contribution in [0.15, 0.2) is 22.3 Å². The first-order valence-corrected chi connectivity index (χ1v) is 12.3. The van der Waals surface area contributed by atoms with Crippen LogP contribution in [-0.4, -0.2) is 6.61 Å². The van der Waals surface area contributed by atoms with Gasteiger partial charge in [-0.2, -0.15) is 0 Å². The molecule has 85 valence electrons. The topological polar surface area (TPSA) is 9.23 Å². The molecule has 0 radical (unpaired) electrons. The summed E-state index contributed by atoms with van der Waals surface area (Å²) in [6.07, 6.45) is 0. The summed E-state index contributed by atoms with van der Waals surface area (Å²) in [7, 11) is 11.5. The summed E-state index contributed by atoms with van der Waals surface area (Å²) in [5, 5.41) is 0. The van der Waals surface area contributed by atoms with E-state index < -0.39 is 19.8 Å². The minimum atomic E-state index is -2.47. The maximum atomic E-state index is 5.77. The van der Waals surface area contributed by atoms with Crippen LogP contribution in [0.1, 0.15) is 34.6 Å². The van der Waals surface area contributed by atoms with Gasteiger partial charge in [0.2, 0.25) is 0 Å². The van der Waals surface area contributed by atoms with Gasteiger partial charge in [-0.05, 0) is 0 Å². The van der Waals surface area contributed by atoms with Crippen LogP contribution in [0.4, 0.5) is 0 Å². The Kier molecular flexibility index (Phi) is 4.69. The maximum absolute atomic E-state index is 5.77. The van der Waals surface area contributed by atoms with Crippen molar-refractivity contribution in [2.45, 2.75) is 34.6 Å². The van der Waals surface area contributed by atoms with Crippen LogP contribution in [0.5, 0.6) is 0 Å². The zero-order valence-corrected chi connectivity index (χ0v) is 13.8. The van der Waals surface area contributed by atoms with Crippen molar-refractivity contribution in [2.24, 2.45) is 5.41 Å². The van der Waals surface area contributed by atoms with Gasteiger partial charge in [0.25, 0.3) is 0 Å². The minimum absolute atomic E-state index is 0.0978. The molecule has 15 heavy (non-hydrogen) atoms. The predicted molar refractivity (Wildman–Crippen MR) is 62.5 cm³/mol. The summed E-state index contributed by atoms with van der Waals surface area (Å²) in [5.74, 6) is 0. The van der Waals surface area contributed by atoms with E-state index in [9.17, 15) is 0 Å². The number of allylic oxidation sites excluding steroid dienone is 3. The van der Waals surface area contributed by atoms with Crippen LogP contribution in [0, 0.1) is 5.41 Å². The number of rotatable bonds is 3. The van der Waals surface area contributed by atoms with Crippen LogP contribution in [0.2, 0.25) is 0 Å². The molecule has 1 nitrogen and oxygen atoms in total. The molecule has 0 bridgehead atoms. The van der Waals surface area contributed by atoms with Gasteiger partial charge in [-0.15, -0.1) is 0 Å². The summed E-state index contributed by atoms with van der Waals surface area (Å²) in [5.41, 5.74) is 5.58. The molecule has 0 spiro atoms. The summed E-state index contributed by atoms with van der Waals surface area (Å²) < 4.78 is 5.47. The molecule has 0 saturated carbocycles. The molecule has 4 heteroatoms. The fourth-order valence-corrected chi connectivity index (χ4v) is 3.36. The van der Waals surface area contributed by atoms with Gasteiger partial charge in [0, 0.05) is 0 Å². The first-order chi connectivity index (χ1) is 6.78. The third-order valence-electron chi connectivity index (χ3n) is 3.60. The molecule has 1 aliphatic carbocycles.